The molecule has 2 amide bonds. The van der Waals surface area contributed by atoms with E-state index in [1.54, 1.807) is 0 Å². The minimum Gasteiger partial charge on any atom is -0.480 e. The summed E-state index contributed by atoms with van der Waals surface area (Å²) in [5.74, 6) is -3.12. The number of aromatic nitrogens is 1. The van der Waals surface area contributed by atoms with Crippen LogP contribution in [0.1, 0.15) is 83.0 Å². The monoisotopic (exact) mass is 694 g/mol. The molecule has 0 aliphatic heterocycles. The Hall–Kier alpha value is -4.13. The summed E-state index contributed by atoms with van der Waals surface area (Å²) < 4.78 is 31.1. The third-order valence-corrected chi connectivity index (χ3v) is 9.38. The minimum absolute atomic E-state index is 0.181. The zero-order valence-electron chi connectivity index (χ0n) is 29.3. The van der Waals surface area contributed by atoms with E-state index in [2.05, 4.69) is 41.3 Å². The van der Waals surface area contributed by atoms with Gasteiger partial charge in [0.2, 0.25) is 11.8 Å². The highest BCUT2D eigenvalue weighted by atomic mass is 19.1. The summed E-state index contributed by atoms with van der Waals surface area (Å²) in [5.41, 5.74) is 14.2. The first-order valence-electron chi connectivity index (χ1n) is 17.5. The third kappa shape index (κ3) is 10.7. The number of carbonyl (C=O) groups excluding carboxylic acids is 2. The molecule has 1 aromatic heterocycles. The van der Waals surface area contributed by atoms with Gasteiger partial charge in [0.05, 0.1) is 12.1 Å². The van der Waals surface area contributed by atoms with E-state index < -0.39 is 29.7 Å². The second-order valence-electron chi connectivity index (χ2n) is 14.4. The van der Waals surface area contributed by atoms with Crippen molar-refractivity contribution in [1.29, 1.82) is 0 Å². The highest BCUT2D eigenvalue weighted by Gasteiger charge is 2.34. The van der Waals surface area contributed by atoms with E-state index >= 15 is 0 Å². The van der Waals surface area contributed by atoms with Gasteiger partial charge in [0.25, 0.3) is 0 Å². The molecule has 1 fully saturated rings. The maximum Gasteiger partial charge on any atom is 0.326 e. The van der Waals surface area contributed by atoms with Crippen LogP contribution in [0.3, 0.4) is 0 Å². The molecule has 272 valence electrons. The number of aliphatic carboxylic acids is 1. The standard InChI is InChI=1S/C38H52F2N6O4/c1-38(2,3)34(33-20-26(29-21-27(39)13-15-30(29)40)23-46(33)22-24-9-5-4-6-10-24)43-18-16-31(42)36(48)44-28-14-12-25(19-28)35(47)45-32(37(49)50)11-7-8-17-41/h4-6,9-10,13,15,20-21,23,25,28,31-32,34,43H,7-8,11-12,14,16-19,22,41-42H2,1-3H3,(H,44,48)(H,45,47)(H,49,50)/t25-,28+,31+,32+,34+/m1/s1. The van der Waals surface area contributed by atoms with Crippen LogP contribution in [-0.2, 0) is 20.9 Å². The summed E-state index contributed by atoms with van der Waals surface area (Å²) in [6.07, 6.45) is 5.34. The van der Waals surface area contributed by atoms with Gasteiger partial charge in [-0.1, -0.05) is 51.1 Å². The average Bonchev–Trinajstić information content (AvgIpc) is 3.70. The highest BCUT2D eigenvalue weighted by molar-refractivity contribution is 5.85. The number of carbonyl (C=O) groups is 3. The van der Waals surface area contributed by atoms with Gasteiger partial charge in [-0.2, -0.15) is 0 Å². The van der Waals surface area contributed by atoms with Crippen LogP contribution in [0.25, 0.3) is 11.1 Å². The number of halogens is 2. The number of carboxylic acid groups (broad SMARTS) is 1. The van der Waals surface area contributed by atoms with Crippen molar-refractivity contribution in [2.45, 2.75) is 96.4 Å². The summed E-state index contributed by atoms with van der Waals surface area (Å²) in [4.78, 5) is 37.5. The summed E-state index contributed by atoms with van der Waals surface area (Å²) in [6.45, 7) is 7.66. The molecule has 0 unspecified atom stereocenters. The Balaban J connectivity index is 1.38. The Morgan fingerprint density at radius 3 is 2.44 bits per heavy atom. The summed E-state index contributed by atoms with van der Waals surface area (Å²) >= 11 is 0. The second kappa shape index (κ2) is 17.7. The molecular formula is C38H52F2N6O4. The van der Waals surface area contributed by atoms with Gasteiger partial charge in [0, 0.05) is 41.5 Å². The van der Waals surface area contributed by atoms with E-state index in [1.165, 1.54) is 6.07 Å². The summed E-state index contributed by atoms with van der Waals surface area (Å²) in [7, 11) is 0. The molecule has 0 bridgehead atoms. The molecule has 0 radical (unpaired) electrons. The van der Waals surface area contributed by atoms with Gasteiger partial charge in [0.15, 0.2) is 0 Å². The first-order chi connectivity index (χ1) is 23.8. The molecule has 1 aliphatic carbocycles. The number of hydrogen-bond donors (Lipinski definition) is 6. The Morgan fingerprint density at radius 2 is 1.76 bits per heavy atom. The number of hydrogen-bond acceptors (Lipinski definition) is 6. The molecular weight excluding hydrogens is 642 g/mol. The number of nitrogens with zero attached hydrogens (tertiary/aromatic N) is 1. The van der Waals surface area contributed by atoms with Crippen molar-refractivity contribution in [3.63, 3.8) is 0 Å². The number of amides is 2. The van der Waals surface area contributed by atoms with Gasteiger partial charge in [0.1, 0.15) is 17.7 Å². The van der Waals surface area contributed by atoms with Crippen molar-refractivity contribution >= 4 is 17.8 Å². The first kappa shape index (κ1) is 38.7. The zero-order chi connectivity index (χ0) is 36.4. The van der Waals surface area contributed by atoms with Crippen molar-refractivity contribution in [2.75, 3.05) is 13.1 Å². The van der Waals surface area contributed by atoms with Gasteiger partial charge >= 0.3 is 5.97 Å². The Labute approximate surface area is 293 Å². The molecule has 3 aromatic rings. The average molecular weight is 695 g/mol. The molecule has 50 heavy (non-hydrogen) atoms. The number of nitrogens with one attached hydrogen (secondary N) is 3. The molecule has 5 atom stereocenters. The Morgan fingerprint density at radius 1 is 1.02 bits per heavy atom. The number of benzene rings is 2. The molecule has 0 spiro atoms. The predicted molar refractivity (Wildman–Crippen MR) is 190 cm³/mol. The second-order valence-corrected chi connectivity index (χ2v) is 14.4. The SMILES string of the molecule is CC(C)(C)[C@@H](NCC[C@H](N)C(=O)N[C@H]1CC[C@@H](C(=O)N[C@@H](CCCCN)C(=O)O)C1)c1cc(-c2cc(F)ccc2F)cn1Cc1ccccc1. The topological polar surface area (TPSA) is 164 Å². The smallest absolute Gasteiger partial charge is 0.326 e. The van der Waals surface area contributed by atoms with Crippen molar-refractivity contribution in [3.8, 4) is 11.1 Å². The Kier molecular flexibility index (Phi) is 13.7. The van der Waals surface area contributed by atoms with Gasteiger partial charge in [-0.05, 0) is 93.3 Å². The fraction of sp³-hybridized carbons (Fsp3) is 0.500. The lowest BCUT2D eigenvalue weighted by atomic mass is 9.84. The normalized spacial score (nSPS) is 18.0. The van der Waals surface area contributed by atoms with Crippen LogP contribution in [0.2, 0.25) is 0 Å². The molecule has 12 heteroatoms. The van der Waals surface area contributed by atoms with Crippen molar-refractivity contribution in [1.82, 2.24) is 20.5 Å². The third-order valence-electron chi connectivity index (χ3n) is 9.38. The number of unbranched alkanes of at least 4 members (excludes halogenated alkanes) is 1. The maximum absolute atomic E-state index is 14.9. The van der Waals surface area contributed by atoms with Crippen LogP contribution in [0.4, 0.5) is 8.78 Å². The highest BCUT2D eigenvalue weighted by Crippen LogP contribution is 2.37. The van der Waals surface area contributed by atoms with Crippen LogP contribution in [0, 0.1) is 23.0 Å². The van der Waals surface area contributed by atoms with E-state index in [-0.39, 0.29) is 40.8 Å². The fourth-order valence-electron chi connectivity index (χ4n) is 6.62. The molecule has 1 saturated carbocycles. The number of carboxylic acids is 1. The lowest BCUT2D eigenvalue weighted by molar-refractivity contribution is -0.142. The van der Waals surface area contributed by atoms with E-state index in [4.69, 9.17) is 11.5 Å². The van der Waals surface area contributed by atoms with Crippen LogP contribution >= 0.6 is 0 Å². The van der Waals surface area contributed by atoms with E-state index in [9.17, 15) is 28.3 Å². The van der Waals surface area contributed by atoms with Crippen LogP contribution in [0.15, 0.2) is 60.8 Å². The molecule has 1 aliphatic rings. The van der Waals surface area contributed by atoms with Gasteiger partial charge in [-0.25, -0.2) is 13.6 Å². The van der Waals surface area contributed by atoms with Crippen molar-refractivity contribution in [2.24, 2.45) is 22.8 Å². The largest absolute Gasteiger partial charge is 0.480 e. The predicted octanol–water partition coefficient (Wildman–Crippen LogP) is 4.86. The molecule has 10 nitrogen and oxygen atoms in total. The van der Waals surface area contributed by atoms with Crippen LogP contribution < -0.4 is 27.4 Å². The quantitative estimate of drug-likeness (QED) is 0.110. The van der Waals surface area contributed by atoms with Crippen molar-refractivity contribution in [3.05, 3.63) is 83.7 Å². The Bertz CT molecular complexity index is 1590. The number of rotatable bonds is 17. The summed E-state index contributed by atoms with van der Waals surface area (Å²) in [5, 5.41) is 18.7. The number of nitrogens with two attached hydrogens (primary N) is 2. The summed E-state index contributed by atoms with van der Waals surface area (Å²) in [6, 6.07) is 13.0. The lowest BCUT2D eigenvalue weighted by Crippen LogP contribution is -2.47. The van der Waals surface area contributed by atoms with E-state index in [0.29, 0.717) is 70.1 Å². The lowest BCUT2D eigenvalue weighted by Gasteiger charge is -2.33. The molecule has 0 saturated heterocycles. The first-order valence-corrected chi connectivity index (χ1v) is 17.5. The van der Waals surface area contributed by atoms with Gasteiger partial charge < -0.3 is 37.1 Å². The minimum atomic E-state index is -1.07. The van der Waals surface area contributed by atoms with Crippen LogP contribution in [0.5, 0.6) is 0 Å². The fourth-order valence-corrected chi connectivity index (χ4v) is 6.62. The van der Waals surface area contributed by atoms with Crippen molar-refractivity contribution < 1.29 is 28.3 Å². The van der Waals surface area contributed by atoms with E-state index in [1.807, 2.05) is 42.6 Å². The van der Waals surface area contributed by atoms with Gasteiger partial charge in [-0.3, -0.25) is 9.59 Å². The molecule has 4 rings (SSSR count). The molecule has 8 N–H and O–H groups in total. The van der Waals surface area contributed by atoms with Gasteiger partial charge in [-0.15, -0.1) is 0 Å². The van der Waals surface area contributed by atoms with Crippen LogP contribution in [-0.4, -0.2) is 58.7 Å². The molecule has 2 aromatic carbocycles. The van der Waals surface area contributed by atoms with E-state index in [0.717, 1.165) is 23.4 Å². The zero-order valence-corrected chi connectivity index (χ0v) is 29.3. The molecule has 1 heterocycles. The maximum atomic E-state index is 14.9.